The average molecular weight is 208 g/mol. The van der Waals surface area contributed by atoms with Crippen molar-refractivity contribution in [2.75, 3.05) is 0 Å². The molecule has 15 heavy (non-hydrogen) atoms. The van der Waals surface area contributed by atoms with Crippen molar-refractivity contribution >= 4 is 5.78 Å². The molecular formula is C14H24O. The van der Waals surface area contributed by atoms with Crippen LogP contribution in [-0.2, 0) is 4.79 Å². The third-order valence-electron chi connectivity index (χ3n) is 3.32. The zero-order chi connectivity index (χ0) is 11.1. The third kappa shape index (κ3) is 4.63. The van der Waals surface area contributed by atoms with Crippen molar-refractivity contribution in [1.29, 1.82) is 0 Å². The van der Waals surface area contributed by atoms with Crippen LogP contribution in [0.2, 0.25) is 0 Å². The first kappa shape index (κ1) is 12.5. The number of unbranched alkanes of at least 4 members (excludes halogenated alkanes) is 1. The van der Waals surface area contributed by atoms with E-state index in [0.29, 0.717) is 11.7 Å². The molecule has 1 saturated carbocycles. The predicted octanol–water partition coefficient (Wildman–Crippen LogP) is 4.27. The fraction of sp³-hybridized carbons (Fsp3) is 0.786. The van der Waals surface area contributed by atoms with Crippen LogP contribution >= 0.6 is 0 Å². The number of ketones is 1. The molecule has 1 nitrogen and oxygen atoms in total. The van der Waals surface area contributed by atoms with E-state index in [1.807, 2.05) is 6.08 Å². The number of carbonyl (C=O) groups is 1. The van der Waals surface area contributed by atoms with Crippen LogP contribution in [-0.4, -0.2) is 5.78 Å². The molecule has 0 saturated heterocycles. The molecule has 0 radical (unpaired) electrons. The van der Waals surface area contributed by atoms with Crippen LogP contribution in [0.15, 0.2) is 11.6 Å². The van der Waals surface area contributed by atoms with Crippen LogP contribution < -0.4 is 0 Å². The lowest BCUT2D eigenvalue weighted by atomic mass is 9.85. The Labute approximate surface area is 93.9 Å². The first-order valence-electron chi connectivity index (χ1n) is 6.45. The molecule has 0 bridgehead atoms. The Morgan fingerprint density at radius 1 is 1.27 bits per heavy atom. The minimum Gasteiger partial charge on any atom is -0.295 e. The maximum Gasteiger partial charge on any atom is 0.158 e. The van der Waals surface area contributed by atoms with E-state index in [0.717, 1.165) is 19.3 Å². The van der Waals surface area contributed by atoms with Crippen molar-refractivity contribution in [3.63, 3.8) is 0 Å². The molecule has 1 aliphatic rings. The summed E-state index contributed by atoms with van der Waals surface area (Å²) in [5.41, 5.74) is 1.27. The number of carbonyl (C=O) groups excluding carboxylic acids is 1. The highest BCUT2D eigenvalue weighted by atomic mass is 16.1. The third-order valence-corrected chi connectivity index (χ3v) is 3.32. The molecule has 0 atom stereocenters. The first-order valence-corrected chi connectivity index (χ1v) is 6.45. The van der Waals surface area contributed by atoms with Gasteiger partial charge in [-0.25, -0.2) is 0 Å². The summed E-state index contributed by atoms with van der Waals surface area (Å²) in [6.45, 7) is 4.28. The van der Waals surface area contributed by atoms with Gasteiger partial charge in [-0.15, -0.1) is 0 Å². The molecule has 1 fully saturated rings. The second-order valence-corrected chi connectivity index (χ2v) is 4.83. The highest BCUT2D eigenvalue weighted by molar-refractivity contribution is 5.92. The minimum absolute atomic E-state index is 0.343. The lowest BCUT2D eigenvalue weighted by Crippen LogP contribution is -2.15. The molecule has 1 rings (SSSR count). The number of rotatable bonds is 5. The molecule has 0 aromatic heterocycles. The maximum absolute atomic E-state index is 11.9. The van der Waals surface area contributed by atoms with Gasteiger partial charge in [0.05, 0.1) is 0 Å². The van der Waals surface area contributed by atoms with Gasteiger partial charge < -0.3 is 0 Å². The summed E-state index contributed by atoms with van der Waals surface area (Å²) in [4.78, 5) is 11.9. The zero-order valence-electron chi connectivity index (χ0n) is 10.2. The van der Waals surface area contributed by atoms with Crippen LogP contribution in [0.3, 0.4) is 0 Å². The molecule has 0 aromatic rings. The minimum atomic E-state index is 0.343. The number of hydrogen-bond acceptors (Lipinski definition) is 1. The van der Waals surface area contributed by atoms with Crippen molar-refractivity contribution < 1.29 is 4.79 Å². The van der Waals surface area contributed by atoms with E-state index in [4.69, 9.17) is 0 Å². The maximum atomic E-state index is 11.9. The molecule has 0 amide bonds. The van der Waals surface area contributed by atoms with E-state index in [9.17, 15) is 4.79 Å². The summed E-state index contributed by atoms with van der Waals surface area (Å²) in [7, 11) is 0. The predicted molar refractivity (Wildman–Crippen MR) is 64.9 cm³/mol. The van der Waals surface area contributed by atoms with Gasteiger partial charge in [0.25, 0.3) is 0 Å². The van der Waals surface area contributed by atoms with Crippen molar-refractivity contribution in [3.05, 3.63) is 11.6 Å². The first-order chi connectivity index (χ1) is 7.24. The molecule has 1 aliphatic carbocycles. The van der Waals surface area contributed by atoms with E-state index < -0.39 is 0 Å². The Bertz CT molecular complexity index is 221. The Morgan fingerprint density at radius 3 is 2.53 bits per heavy atom. The standard InChI is InChI=1S/C14H24O/c1-3-4-8-12(2)11-14(15)13-9-6-5-7-10-13/h11,13H,3-10H2,1-2H3/b12-11-. The van der Waals surface area contributed by atoms with Crippen LogP contribution in [0.4, 0.5) is 0 Å². The molecular weight excluding hydrogens is 184 g/mol. The van der Waals surface area contributed by atoms with E-state index in [-0.39, 0.29) is 0 Å². The molecule has 86 valence electrons. The lowest BCUT2D eigenvalue weighted by molar-refractivity contribution is -0.119. The lowest BCUT2D eigenvalue weighted by Gasteiger charge is -2.18. The molecule has 0 heterocycles. The monoisotopic (exact) mass is 208 g/mol. The summed E-state index contributed by atoms with van der Waals surface area (Å²) in [6.07, 6.45) is 11.5. The van der Waals surface area contributed by atoms with Gasteiger partial charge >= 0.3 is 0 Å². The van der Waals surface area contributed by atoms with Gasteiger partial charge in [0, 0.05) is 5.92 Å². The Kier molecular flexibility index (Phi) is 5.67. The zero-order valence-corrected chi connectivity index (χ0v) is 10.2. The van der Waals surface area contributed by atoms with Crippen LogP contribution in [0.5, 0.6) is 0 Å². The number of allylic oxidation sites excluding steroid dienone is 2. The highest BCUT2D eigenvalue weighted by Crippen LogP contribution is 2.25. The molecule has 0 aromatic carbocycles. The van der Waals surface area contributed by atoms with Gasteiger partial charge in [0.1, 0.15) is 0 Å². The van der Waals surface area contributed by atoms with Crippen molar-refractivity contribution in [3.8, 4) is 0 Å². The van der Waals surface area contributed by atoms with Crippen molar-refractivity contribution in [1.82, 2.24) is 0 Å². The topological polar surface area (TPSA) is 17.1 Å². The van der Waals surface area contributed by atoms with Crippen molar-refractivity contribution in [2.24, 2.45) is 5.92 Å². The molecule has 0 N–H and O–H groups in total. The van der Waals surface area contributed by atoms with Gasteiger partial charge in [0.15, 0.2) is 5.78 Å². The fourth-order valence-electron chi connectivity index (χ4n) is 2.28. The second-order valence-electron chi connectivity index (χ2n) is 4.83. The van der Waals surface area contributed by atoms with Gasteiger partial charge in [0.2, 0.25) is 0 Å². The Morgan fingerprint density at radius 2 is 1.93 bits per heavy atom. The van der Waals surface area contributed by atoms with E-state index in [1.54, 1.807) is 0 Å². The molecule has 0 unspecified atom stereocenters. The Hall–Kier alpha value is -0.590. The smallest absolute Gasteiger partial charge is 0.158 e. The largest absolute Gasteiger partial charge is 0.295 e. The highest BCUT2D eigenvalue weighted by Gasteiger charge is 2.18. The molecule has 0 aliphatic heterocycles. The van der Waals surface area contributed by atoms with Crippen LogP contribution in [0.1, 0.15) is 65.2 Å². The quantitative estimate of drug-likeness (QED) is 0.616. The van der Waals surface area contributed by atoms with Gasteiger partial charge in [-0.3, -0.25) is 4.79 Å². The SMILES string of the molecule is CCCC/C(C)=C\C(=O)C1CCCCC1. The average Bonchev–Trinajstić information content (AvgIpc) is 2.27. The fourth-order valence-corrected chi connectivity index (χ4v) is 2.28. The second kappa shape index (κ2) is 6.81. The van der Waals surface area contributed by atoms with Crippen molar-refractivity contribution in [2.45, 2.75) is 65.2 Å². The summed E-state index contributed by atoms with van der Waals surface area (Å²) in [5, 5.41) is 0. The van der Waals surface area contributed by atoms with Crippen LogP contribution in [0.25, 0.3) is 0 Å². The summed E-state index contributed by atoms with van der Waals surface area (Å²) >= 11 is 0. The summed E-state index contributed by atoms with van der Waals surface area (Å²) in [6, 6.07) is 0. The normalized spacial score (nSPS) is 19.2. The van der Waals surface area contributed by atoms with E-state index in [1.165, 1.54) is 37.7 Å². The number of hydrogen-bond donors (Lipinski definition) is 0. The van der Waals surface area contributed by atoms with Gasteiger partial charge in [-0.1, -0.05) is 38.2 Å². The molecule has 1 heteroatoms. The van der Waals surface area contributed by atoms with E-state index >= 15 is 0 Å². The van der Waals surface area contributed by atoms with E-state index in [2.05, 4.69) is 13.8 Å². The summed E-state index contributed by atoms with van der Waals surface area (Å²) in [5.74, 6) is 0.735. The summed E-state index contributed by atoms with van der Waals surface area (Å²) < 4.78 is 0. The van der Waals surface area contributed by atoms with Gasteiger partial charge in [-0.2, -0.15) is 0 Å². The van der Waals surface area contributed by atoms with Gasteiger partial charge in [-0.05, 0) is 38.7 Å². The Balaban J connectivity index is 2.38. The molecule has 0 spiro atoms. The van der Waals surface area contributed by atoms with Crippen LogP contribution in [0, 0.1) is 5.92 Å².